The third-order valence-electron chi connectivity index (χ3n) is 5.82. The lowest BCUT2D eigenvalue weighted by molar-refractivity contribution is 0.0929. The van der Waals surface area contributed by atoms with Gasteiger partial charge in [0, 0.05) is 29.5 Å². The molecule has 2 aliphatic carbocycles. The number of carbonyl (C=O) groups excluding carboxylic acids is 2. The Balaban J connectivity index is 1.46. The molecule has 2 fully saturated rings. The van der Waals surface area contributed by atoms with Gasteiger partial charge in [0.05, 0.1) is 5.56 Å². The summed E-state index contributed by atoms with van der Waals surface area (Å²) in [7, 11) is 0. The maximum atomic E-state index is 12.7. The molecule has 6 heteroatoms. The number of nitrogens with zero attached hydrogens (tertiary/aromatic N) is 1. The summed E-state index contributed by atoms with van der Waals surface area (Å²) in [5.74, 6) is 0.333. The van der Waals surface area contributed by atoms with Crippen molar-refractivity contribution < 1.29 is 9.59 Å². The van der Waals surface area contributed by atoms with Gasteiger partial charge in [-0.3, -0.25) is 9.59 Å². The van der Waals surface area contributed by atoms with E-state index in [1.807, 2.05) is 18.2 Å². The Bertz CT molecular complexity index is 871. The van der Waals surface area contributed by atoms with Gasteiger partial charge >= 0.3 is 0 Å². The molecule has 1 aromatic heterocycles. The van der Waals surface area contributed by atoms with Crippen molar-refractivity contribution in [3.8, 4) is 0 Å². The molecular formula is C23H28N4O2. The van der Waals surface area contributed by atoms with Gasteiger partial charge in [-0.15, -0.1) is 0 Å². The van der Waals surface area contributed by atoms with Gasteiger partial charge in [-0.1, -0.05) is 31.7 Å². The van der Waals surface area contributed by atoms with Crippen LogP contribution in [-0.2, 0) is 0 Å². The first-order valence-electron chi connectivity index (χ1n) is 10.6. The Morgan fingerprint density at radius 2 is 1.48 bits per heavy atom. The van der Waals surface area contributed by atoms with E-state index in [1.165, 1.54) is 25.7 Å². The normalized spacial score (nSPS) is 17.2. The lowest BCUT2D eigenvalue weighted by atomic mass is 10.1. The maximum Gasteiger partial charge on any atom is 0.255 e. The summed E-state index contributed by atoms with van der Waals surface area (Å²) >= 11 is 0. The quantitative estimate of drug-likeness (QED) is 0.689. The molecular weight excluding hydrogens is 364 g/mol. The van der Waals surface area contributed by atoms with E-state index in [4.69, 9.17) is 0 Å². The predicted octanol–water partition coefficient (Wildman–Crippen LogP) is 4.17. The number of pyridine rings is 1. The Morgan fingerprint density at radius 3 is 2.17 bits per heavy atom. The van der Waals surface area contributed by atoms with Crippen molar-refractivity contribution in [3.63, 3.8) is 0 Å². The van der Waals surface area contributed by atoms with Crippen molar-refractivity contribution in [3.05, 3.63) is 53.7 Å². The monoisotopic (exact) mass is 392 g/mol. The minimum atomic E-state index is -0.109. The van der Waals surface area contributed by atoms with Crippen LogP contribution in [0.1, 0.15) is 72.1 Å². The molecule has 2 aliphatic rings. The van der Waals surface area contributed by atoms with Gasteiger partial charge in [0.25, 0.3) is 11.8 Å². The number of hydrogen-bond acceptors (Lipinski definition) is 4. The number of rotatable bonds is 6. The van der Waals surface area contributed by atoms with Crippen molar-refractivity contribution in [1.29, 1.82) is 0 Å². The third-order valence-corrected chi connectivity index (χ3v) is 5.82. The molecule has 4 rings (SSSR count). The molecule has 0 bridgehead atoms. The number of hydrogen-bond donors (Lipinski definition) is 3. The molecule has 152 valence electrons. The molecule has 1 aromatic carbocycles. The molecule has 2 aromatic rings. The van der Waals surface area contributed by atoms with Crippen LogP contribution in [0.5, 0.6) is 0 Å². The van der Waals surface area contributed by atoms with E-state index >= 15 is 0 Å². The van der Waals surface area contributed by atoms with Gasteiger partial charge in [0.1, 0.15) is 5.82 Å². The van der Waals surface area contributed by atoms with E-state index in [2.05, 4.69) is 20.9 Å². The lowest BCUT2D eigenvalue weighted by Gasteiger charge is -2.15. The first-order chi connectivity index (χ1) is 14.2. The summed E-state index contributed by atoms with van der Waals surface area (Å²) in [4.78, 5) is 29.6. The Labute approximate surface area is 171 Å². The third kappa shape index (κ3) is 4.94. The number of carbonyl (C=O) groups is 2. The van der Waals surface area contributed by atoms with Crippen LogP contribution in [0.2, 0.25) is 0 Å². The molecule has 0 unspecified atom stereocenters. The number of amides is 2. The first kappa shape index (κ1) is 19.4. The van der Waals surface area contributed by atoms with Crippen LogP contribution in [0, 0.1) is 0 Å². The van der Waals surface area contributed by atoms with Crippen LogP contribution < -0.4 is 16.0 Å². The van der Waals surface area contributed by atoms with Crippen LogP contribution in [0.15, 0.2) is 42.6 Å². The molecule has 1 heterocycles. The highest BCUT2D eigenvalue weighted by atomic mass is 16.2. The zero-order valence-electron chi connectivity index (χ0n) is 16.6. The van der Waals surface area contributed by atoms with Crippen LogP contribution in [0.4, 0.5) is 11.5 Å². The molecule has 0 radical (unpaired) electrons. The van der Waals surface area contributed by atoms with Crippen LogP contribution in [-0.4, -0.2) is 28.9 Å². The first-order valence-corrected chi connectivity index (χ1v) is 10.6. The molecule has 6 nitrogen and oxygen atoms in total. The fourth-order valence-corrected chi connectivity index (χ4v) is 4.24. The largest absolute Gasteiger partial charge is 0.349 e. The van der Waals surface area contributed by atoms with Gasteiger partial charge in [0.2, 0.25) is 0 Å². The molecule has 0 atom stereocenters. The van der Waals surface area contributed by atoms with Crippen LogP contribution in [0.25, 0.3) is 0 Å². The number of nitrogens with one attached hydrogen (secondary N) is 3. The van der Waals surface area contributed by atoms with E-state index in [1.54, 1.807) is 24.4 Å². The van der Waals surface area contributed by atoms with Gasteiger partial charge in [0.15, 0.2) is 0 Å². The minimum Gasteiger partial charge on any atom is -0.349 e. The van der Waals surface area contributed by atoms with Crippen molar-refractivity contribution in [2.24, 2.45) is 0 Å². The Kier molecular flexibility index (Phi) is 6.08. The topological polar surface area (TPSA) is 83.1 Å². The van der Waals surface area contributed by atoms with Crippen molar-refractivity contribution >= 4 is 23.3 Å². The SMILES string of the molecule is O=C(NC1CCCC1)c1cccc(Nc2ncccc2C(=O)NC2CCCC2)c1. The van der Waals surface area contributed by atoms with E-state index in [0.717, 1.165) is 31.4 Å². The second kappa shape index (κ2) is 9.07. The summed E-state index contributed by atoms with van der Waals surface area (Å²) in [6.07, 6.45) is 10.5. The molecule has 29 heavy (non-hydrogen) atoms. The average molecular weight is 393 g/mol. The molecule has 3 N–H and O–H groups in total. The minimum absolute atomic E-state index is 0.0548. The molecule has 0 saturated heterocycles. The number of aromatic nitrogens is 1. The van der Waals surface area contributed by atoms with Gasteiger partial charge in [-0.25, -0.2) is 4.98 Å². The molecule has 2 saturated carbocycles. The lowest BCUT2D eigenvalue weighted by Crippen LogP contribution is -2.33. The highest BCUT2D eigenvalue weighted by Gasteiger charge is 2.21. The molecule has 0 aliphatic heterocycles. The summed E-state index contributed by atoms with van der Waals surface area (Å²) in [5.41, 5.74) is 1.85. The average Bonchev–Trinajstić information content (AvgIpc) is 3.43. The zero-order valence-corrected chi connectivity index (χ0v) is 16.6. The smallest absolute Gasteiger partial charge is 0.255 e. The molecule has 2 amide bonds. The fourth-order valence-electron chi connectivity index (χ4n) is 4.24. The second-order valence-corrected chi connectivity index (χ2v) is 8.02. The van der Waals surface area contributed by atoms with E-state index < -0.39 is 0 Å². The maximum absolute atomic E-state index is 12.7. The van der Waals surface area contributed by atoms with Gasteiger partial charge < -0.3 is 16.0 Å². The van der Waals surface area contributed by atoms with Crippen LogP contribution in [0.3, 0.4) is 0 Å². The second-order valence-electron chi connectivity index (χ2n) is 8.02. The summed E-state index contributed by atoms with van der Waals surface area (Å²) < 4.78 is 0. The molecule has 0 spiro atoms. The summed E-state index contributed by atoms with van der Waals surface area (Å²) in [5, 5.41) is 9.43. The highest BCUT2D eigenvalue weighted by molar-refractivity contribution is 6.00. The van der Waals surface area contributed by atoms with Crippen molar-refractivity contribution in [2.75, 3.05) is 5.32 Å². The van der Waals surface area contributed by atoms with E-state index in [0.29, 0.717) is 16.9 Å². The zero-order chi connectivity index (χ0) is 20.1. The standard InChI is InChI=1S/C23H28N4O2/c28-22(26-17-8-1-2-9-17)16-7-5-12-19(15-16)25-21-20(13-6-14-24-21)23(29)27-18-10-3-4-11-18/h5-7,12-15,17-18H,1-4,8-11H2,(H,24,25)(H,26,28)(H,27,29). The Hall–Kier alpha value is -2.89. The number of benzene rings is 1. The fraction of sp³-hybridized carbons (Fsp3) is 0.435. The van der Waals surface area contributed by atoms with Gasteiger partial charge in [-0.05, 0) is 56.0 Å². The van der Waals surface area contributed by atoms with E-state index in [-0.39, 0.29) is 23.9 Å². The van der Waals surface area contributed by atoms with Gasteiger partial charge in [-0.2, -0.15) is 0 Å². The van der Waals surface area contributed by atoms with Crippen molar-refractivity contribution in [2.45, 2.75) is 63.5 Å². The summed E-state index contributed by atoms with van der Waals surface area (Å²) in [6, 6.07) is 11.4. The van der Waals surface area contributed by atoms with Crippen molar-refractivity contribution in [1.82, 2.24) is 15.6 Å². The number of anilines is 2. The predicted molar refractivity (Wildman–Crippen MR) is 113 cm³/mol. The Morgan fingerprint density at radius 1 is 0.828 bits per heavy atom. The highest BCUT2D eigenvalue weighted by Crippen LogP contribution is 2.23. The van der Waals surface area contributed by atoms with Crippen LogP contribution >= 0.6 is 0 Å². The summed E-state index contributed by atoms with van der Waals surface area (Å²) in [6.45, 7) is 0. The van der Waals surface area contributed by atoms with E-state index in [9.17, 15) is 9.59 Å².